The Kier molecular flexibility index (Phi) is 6.89. The van der Waals surface area contributed by atoms with Crippen molar-refractivity contribution in [3.05, 3.63) is 35.9 Å². The molecule has 1 rings (SSSR count). The van der Waals surface area contributed by atoms with Crippen LogP contribution in [0, 0.1) is 0 Å². The molecule has 1 unspecified atom stereocenters. The molecule has 0 fully saturated rings. The summed E-state index contributed by atoms with van der Waals surface area (Å²) in [7, 11) is 0. The summed E-state index contributed by atoms with van der Waals surface area (Å²) in [6.07, 6.45) is 0.792. The summed E-state index contributed by atoms with van der Waals surface area (Å²) in [5.41, 5.74) is 0.435. The van der Waals surface area contributed by atoms with E-state index >= 15 is 0 Å². The number of alkyl carbamates (subject to hydrolysis) is 1. The van der Waals surface area contributed by atoms with Crippen molar-refractivity contribution in [2.75, 3.05) is 0 Å². The standard InChI is InChI=1S/C17H26N2O3/c1-5-9-14(19-16(21)22-17(2,3)4)15(20)18-12-13-10-7-6-8-11-13/h6-8,10-11,14H,5,9,12H2,1-4H3,(H,18,20)(H,19,21). The predicted molar refractivity (Wildman–Crippen MR) is 86.4 cm³/mol. The van der Waals surface area contributed by atoms with Crippen LogP contribution in [-0.4, -0.2) is 23.6 Å². The third-order valence-corrected chi connectivity index (χ3v) is 2.89. The maximum absolute atomic E-state index is 12.2. The van der Waals surface area contributed by atoms with Crippen LogP contribution in [0.1, 0.15) is 46.1 Å². The van der Waals surface area contributed by atoms with Crippen LogP contribution in [-0.2, 0) is 16.1 Å². The highest BCUT2D eigenvalue weighted by molar-refractivity contribution is 5.85. The first kappa shape index (κ1) is 18.0. The second-order valence-corrected chi connectivity index (χ2v) is 6.19. The van der Waals surface area contributed by atoms with E-state index in [2.05, 4.69) is 10.6 Å². The van der Waals surface area contributed by atoms with Crippen LogP contribution in [0.25, 0.3) is 0 Å². The van der Waals surface area contributed by atoms with Crippen LogP contribution in [0.5, 0.6) is 0 Å². The van der Waals surface area contributed by atoms with Gasteiger partial charge >= 0.3 is 6.09 Å². The number of carbonyl (C=O) groups excluding carboxylic acids is 2. The molecule has 0 aliphatic rings. The first-order valence-electron chi connectivity index (χ1n) is 7.63. The average molecular weight is 306 g/mol. The predicted octanol–water partition coefficient (Wildman–Crippen LogP) is 3.00. The van der Waals surface area contributed by atoms with E-state index in [1.54, 1.807) is 20.8 Å². The molecule has 0 spiro atoms. The summed E-state index contributed by atoms with van der Waals surface area (Å²) in [6, 6.07) is 9.07. The SMILES string of the molecule is CCCC(NC(=O)OC(C)(C)C)C(=O)NCc1ccccc1. The van der Waals surface area contributed by atoms with Crippen LogP contribution < -0.4 is 10.6 Å². The van der Waals surface area contributed by atoms with Crippen molar-refractivity contribution in [3.63, 3.8) is 0 Å². The molecule has 5 heteroatoms. The van der Waals surface area contributed by atoms with Crippen molar-refractivity contribution in [3.8, 4) is 0 Å². The molecule has 0 heterocycles. The van der Waals surface area contributed by atoms with Gasteiger partial charge in [0, 0.05) is 6.54 Å². The third-order valence-electron chi connectivity index (χ3n) is 2.89. The van der Waals surface area contributed by atoms with Crippen LogP contribution >= 0.6 is 0 Å². The Morgan fingerprint density at radius 3 is 2.36 bits per heavy atom. The highest BCUT2D eigenvalue weighted by Gasteiger charge is 2.23. The molecule has 0 saturated carbocycles. The van der Waals surface area contributed by atoms with E-state index in [1.807, 2.05) is 37.3 Å². The minimum atomic E-state index is -0.582. The van der Waals surface area contributed by atoms with Crippen molar-refractivity contribution >= 4 is 12.0 Å². The van der Waals surface area contributed by atoms with Crippen LogP contribution in [0.2, 0.25) is 0 Å². The Labute approximate surface area is 132 Å². The first-order valence-corrected chi connectivity index (χ1v) is 7.63. The third kappa shape index (κ3) is 7.11. The minimum absolute atomic E-state index is 0.198. The molecule has 1 aromatic carbocycles. The number of carbonyl (C=O) groups is 2. The fourth-order valence-electron chi connectivity index (χ4n) is 1.92. The fourth-order valence-corrected chi connectivity index (χ4v) is 1.92. The molecule has 0 aliphatic heterocycles. The number of amides is 2. The minimum Gasteiger partial charge on any atom is -0.444 e. The Morgan fingerprint density at radius 1 is 1.18 bits per heavy atom. The summed E-state index contributed by atoms with van der Waals surface area (Å²) >= 11 is 0. The topological polar surface area (TPSA) is 67.4 Å². The monoisotopic (exact) mass is 306 g/mol. The maximum Gasteiger partial charge on any atom is 0.408 e. The molecule has 0 bridgehead atoms. The van der Waals surface area contributed by atoms with Crippen molar-refractivity contribution in [2.45, 2.75) is 58.7 Å². The molecule has 0 aliphatic carbocycles. The van der Waals surface area contributed by atoms with E-state index in [0.717, 1.165) is 12.0 Å². The van der Waals surface area contributed by atoms with E-state index in [4.69, 9.17) is 4.74 Å². The number of hydrogen-bond donors (Lipinski definition) is 2. The lowest BCUT2D eigenvalue weighted by Gasteiger charge is -2.23. The Bertz CT molecular complexity index is 480. The van der Waals surface area contributed by atoms with Gasteiger partial charge in [-0.15, -0.1) is 0 Å². The number of nitrogens with one attached hydrogen (secondary N) is 2. The smallest absolute Gasteiger partial charge is 0.408 e. The average Bonchev–Trinajstić information content (AvgIpc) is 2.43. The summed E-state index contributed by atoms with van der Waals surface area (Å²) in [6.45, 7) is 7.77. The van der Waals surface area contributed by atoms with Gasteiger partial charge in [0.15, 0.2) is 0 Å². The normalized spacial score (nSPS) is 12.4. The quantitative estimate of drug-likeness (QED) is 0.849. The van der Waals surface area contributed by atoms with Gasteiger partial charge in [-0.1, -0.05) is 43.7 Å². The molecule has 1 atom stereocenters. The van der Waals surface area contributed by atoms with Gasteiger partial charge in [0.05, 0.1) is 0 Å². The summed E-state index contributed by atoms with van der Waals surface area (Å²) in [5, 5.41) is 5.48. The number of benzene rings is 1. The van der Waals surface area contributed by atoms with E-state index in [9.17, 15) is 9.59 Å². The number of rotatable bonds is 6. The molecule has 5 nitrogen and oxygen atoms in total. The van der Waals surface area contributed by atoms with Gasteiger partial charge in [-0.25, -0.2) is 4.79 Å². The molecule has 2 N–H and O–H groups in total. The van der Waals surface area contributed by atoms with E-state index in [0.29, 0.717) is 13.0 Å². The summed E-state index contributed by atoms with van der Waals surface area (Å²) < 4.78 is 5.20. The van der Waals surface area contributed by atoms with E-state index in [1.165, 1.54) is 0 Å². The summed E-state index contributed by atoms with van der Waals surface area (Å²) in [5.74, 6) is -0.198. The van der Waals surface area contributed by atoms with Gasteiger partial charge in [0.1, 0.15) is 11.6 Å². The summed E-state index contributed by atoms with van der Waals surface area (Å²) in [4.78, 5) is 24.0. The highest BCUT2D eigenvalue weighted by atomic mass is 16.6. The van der Waals surface area contributed by atoms with Gasteiger partial charge in [-0.05, 0) is 32.8 Å². The number of ether oxygens (including phenoxy) is 1. The molecular weight excluding hydrogens is 280 g/mol. The van der Waals surface area contributed by atoms with Crippen molar-refractivity contribution in [1.29, 1.82) is 0 Å². The van der Waals surface area contributed by atoms with Crippen molar-refractivity contribution in [1.82, 2.24) is 10.6 Å². The fraction of sp³-hybridized carbons (Fsp3) is 0.529. The second kappa shape index (κ2) is 8.41. The van der Waals surface area contributed by atoms with Crippen LogP contribution in [0.15, 0.2) is 30.3 Å². The van der Waals surface area contributed by atoms with Gasteiger partial charge in [-0.2, -0.15) is 0 Å². The van der Waals surface area contributed by atoms with Gasteiger partial charge in [0.25, 0.3) is 0 Å². The van der Waals surface area contributed by atoms with Crippen molar-refractivity contribution in [2.24, 2.45) is 0 Å². The zero-order chi connectivity index (χ0) is 16.6. The Morgan fingerprint density at radius 2 is 1.82 bits per heavy atom. The first-order chi connectivity index (χ1) is 10.3. The van der Waals surface area contributed by atoms with Crippen LogP contribution in [0.4, 0.5) is 4.79 Å². The lowest BCUT2D eigenvalue weighted by Crippen LogP contribution is -2.47. The largest absolute Gasteiger partial charge is 0.444 e. The second-order valence-electron chi connectivity index (χ2n) is 6.19. The van der Waals surface area contributed by atoms with E-state index < -0.39 is 17.7 Å². The molecule has 0 saturated heterocycles. The highest BCUT2D eigenvalue weighted by Crippen LogP contribution is 2.08. The van der Waals surface area contributed by atoms with E-state index in [-0.39, 0.29) is 5.91 Å². The molecule has 0 radical (unpaired) electrons. The van der Waals surface area contributed by atoms with Gasteiger partial charge < -0.3 is 15.4 Å². The lowest BCUT2D eigenvalue weighted by atomic mass is 10.1. The zero-order valence-corrected chi connectivity index (χ0v) is 13.8. The molecular formula is C17H26N2O3. The molecule has 1 aromatic rings. The molecule has 0 aromatic heterocycles. The van der Waals surface area contributed by atoms with Crippen LogP contribution in [0.3, 0.4) is 0 Å². The lowest BCUT2D eigenvalue weighted by molar-refractivity contribution is -0.123. The zero-order valence-electron chi connectivity index (χ0n) is 13.8. The van der Waals surface area contributed by atoms with Gasteiger partial charge in [-0.3, -0.25) is 4.79 Å². The molecule has 2 amide bonds. The Balaban J connectivity index is 2.54. The van der Waals surface area contributed by atoms with Crippen molar-refractivity contribution < 1.29 is 14.3 Å². The maximum atomic E-state index is 12.2. The molecule has 22 heavy (non-hydrogen) atoms. The van der Waals surface area contributed by atoms with Gasteiger partial charge in [0.2, 0.25) is 5.91 Å². The molecule has 122 valence electrons. The number of hydrogen-bond acceptors (Lipinski definition) is 3. The Hall–Kier alpha value is -2.04.